The summed E-state index contributed by atoms with van der Waals surface area (Å²) >= 11 is 0. The highest BCUT2D eigenvalue weighted by Crippen LogP contribution is 2.28. The number of piperazine rings is 2. The topological polar surface area (TPSA) is 65.6 Å². The lowest BCUT2D eigenvalue weighted by Gasteiger charge is -2.49. The quantitative estimate of drug-likeness (QED) is 0.330. The molecule has 0 saturated carbocycles. The maximum atomic E-state index is 12.1. The summed E-state index contributed by atoms with van der Waals surface area (Å²) in [4.78, 5) is 34.2. The molecule has 0 amide bonds. The van der Waals surface area contributed by atoms with Gasteiger partial charge in [-0.25, -0.2) is 0 Å². The van der Waals surface area contributed by atoms with Crippen LogP contribution in [0, 0.1) is 0 Å². The van der Waals surface area contributed by atoms with E-state index in [9.17, 15) is 9.59 Å². The molecule has 194 valence electrons. The number of fused-ring (bicyclic) bond motifs is 4. The zero-order valence-electron chi connectivity index (χ0n) is 21.5. The van der Waals surface area contributed by atoms with Crippen LogP contribution in [-0.2, 0) is 19.1 Å². The minimum absolute atomic E-state index is 0.144. The monoisotopic (exact) mass is 478 g/mol. The number of unbranched alkanes of at least 4 members (excludes halogenated alkanes) is 1. The van der Waals surface area contributed by atoms with Crippen LogP contribution in [0.1, 0.15) is 64.2 Å². The van der Waals surface area contributed by atoms with Gasteiger partial charge in [0.25, 0.3) is 0 Å². The van der Waals surface area contributed by atoms with Crippen molar-refractivity contribution in [1.82, 2.24) is 19.6 Å². The Morgan fingerprint density at radius 2 is 1.00 bits per heavy atom. The molecule has 4 atom stereocenters. The van der Waals surface area contributed by atoms with Crippen molar-refractivity contribution in [2.45, 2.75) is 88.4 Å². The third-order valence-electron chi connectivity index (χ3n) is 8.35. The van der Waals surface area contributed by atoms with Gasteiger partial charge in [-0.1, -0.05) is 12.8 Å². The molecule has 4 heterocycles. The van der Waals surface area contributed by atoms with Crippen molar-refractivity contribution in [3.8, 4) is 0 Å². The van der Waals surface area contributed by atoms with Gasteiger partial charge >= 0.3 is 11.9 Å². The summed E-state index contributed by atoms with van der Waals surface area (Å²) in [5.41, 5.74) is 0. The van der Waals surface area contributed by atoms with Gasteiger partial charge in [0.15, 0.2) is 0 Å². The van der Waals surface area contributed by atoms with Crippen LogP contribution in [0.4, 0.5) is 0 Å². The summed E-state index contributed by atoms with van der Waals surface area (Å²) in [6.45, 7) is 7.13. The van der Waals surface area contributed by atoms with Crippen molar-refractivity contribution in [1.29, 1.82) is 0 Å². The number of carbonyl (C=O) groups excluding carboxylic acids is 2. The molecule has 0 aromatic rings. The minimum atomic E-state index is -0.144. The van der Waals surface area contributed by atoms with Crippen LogP contribution in [0.2, 0.25) is 0 Å². The van der Waals surface area contributed by atoms with E-state index in [0.717, 1.165) is 39.3 Å². The molecule has 4 saturated heterocycles. The van der Waals surface area contributed by atoms with Gasteiger partial charge in [-0.05, 0) is 52.6 Å². The molecule has 0 aliphatic carbocycles. The summed E-state index contributed by atoms with van der Waals surface area (Å²) < 4.78 is 11.0. The van der Waals surface area contributed by atoms with E-state index in [4.69, 9.17) is 9.47 Å². The lowest BCUT2D eigenvalue weighted by Crippen LogP contribution is -2.60. The van der Waals surface area contributed by atoms with Crippen LogP contribution in [0.15, 0.2) is 0 Å². The first-order valence-corrected chi connectivity index (χ1v) is 13.7. The normalized spacial score (nSPS) is 30.8. The largest absolute Gasteiger partial charge is 0.464 e. The Morgan fingerprint density at radius 1 is 0.647 bits per heavy atom. The highest BCUT2D eigenvalue weighted by molar-refractivity contribution is 5.70. The van der Waals surface area contributed by atoms with E-state index in [1.807, 2.05) is 0 Å². The van der Waals surface area contributed by atoms with E-state index < -0.39 is 0 Å². The molecule has 8 heteroatoms. The number of ether oxygens (including phenoxy) is 2. The van der Waals surface area contributed by atoms with E-state index in [-0.39, 0.29) is 11.9 Å². The first-order chi connectivity index (χ1) is 16.5. The summed E-state index contributed by atoms with van der Waals surface area (Å²) in [6.07, 6.45) is 9.76. The molecular weight excluding hydrogens is 432 g/mol. The van der Waals surface area contributed by atoms with Gasteiger partial charge < -0.3 is 19.3 Å². The molecule has 4 bridgehead atoms. The van der Waals surface area contributed by atoms with Gasteiger partial charge in [-0.2, -0.15) is 0 Å². The predicted octanol–water partition coefficient (Wildman–Crippen LogP) is 1.97. The molecule has 4 fully saturated rings. The van der Waals surface area contributed by atoms with Crippen molar-refractivity contribution < 1.29 is 19.1 Å². The van der Waals surface area contributed by atoms with Gasteiger partial charge in [0, 0.05) is 76.3 Å². The minimum Gasteiger partial charge on any atom is -0.464 e. The molecule has 8 nitrogen and oxygen atoms in total. The summed E-state index contributed by atoms with van der Waals surface area (Å²) in [5, 5.41) is 0. The van der Waals surface area contributed by atoms with Crippen molar-refractivity contribution in [3.63, 3.8) is 0 Å². The Kier molecular flexibility index (Phi) is 9.62. The lowest BCUT2D eigenvalue weighted by atomic mass is 9.91. The van der Waals surface area contributed by atoms with Crippen molar-refractivity contribution in [2.24, 2.45) is 0 Å². The number of rotatable bonds is 11. The number of likely N-dealkylation sites (tertiary alicyclic amines) is 2. The second-order valence-electron chi connectivity index (χ2n) is 11.0. The first kappa shape index (κ1) is 25.9. The number of hydrogen-bond donors (Lipinski definition) is 0. The average molecular weight is 479 g/mol. The van der Waals surface area contributed by atoms with E-state index >= 15 is 0 Å². The molecule has 34 heavy (non-hydrogen) atoms. The summed E-state index contributed by atoms with van der Waals surface area (Å²) in [5.74, 6) is -0.288. The van der Waals surface area contributed by atoms with Crippen molar-refractivity contribution >= 4 is 11.9 Å². The molecule has 0 N–H and O–H groups in total. The molecule has 4 rings (SSSR count). The van der Waals surface area contributed by atoms with Gasteiger partial charge in [0.05, 0.1) is 0 Å². The summed E-state index contributed by atoms with van der Waals surface area (Å²) in [7, 11) is 4.41. The van der Waals surface area contributed by atoms with Gasteiger partial charge in [0.2, 0.25) is 0 Å². The van der Waals surface area contributed by atoms with E-state index in [1.165, 1.54) is 38.5 Å². The smallest absolute Gasteiger partial charge is 0.305 e. The van der Waals surface area contributed by atoms with Crippen LogP contribution in [0.5, 0.6) is 0 Å². The maximum absolute atomic E-state index is 12.1. The SMILES string of the molecule is CN1CC2CCCC(C1)N2CCOC(=O)CCCCC(=O)OCCN1C2CCCC1CN(C)C2. The molecule has 4 aliphatic heterocycles. The van der Waals surface area contributed by atoms with Gasteiger partial charge in [-0.3, -0.25) is 19.4 Å². The molecule has 0 aromatic carbocycles. The van der Waals surface area contributed by atoms with Crippen LogP contribution in [0.25, 0.3) is 0 Å². The third-order valence-corrected chi connectivity index (χ3v) is 8.35. The number of hydrogen-bond acceptors (Lipinski definition) is 8. The standard InChI is InChI=1S/C26H46N4O4/c1-27-17-21-7-5-8-22(18-27)29(21)13-15-33-25(31)11-3-4-12-26(32)34-16-14-30-23-9-6-10-24(30)20-28(2)19-23/h21-24H,3-20H2,1-2H3. The summed E-state index contributed by atoms with van der Waals surface area (Å²) in [6, 6.07) is 2.44. The number of piperidine rings is 2. The Labute approximate surface area is 205 Å². The first-order valence-electron chi connectivity index (χ1n) is 13.7. The van der Waals surface area contributed by atoms with Crippen LogP contribution >= 0.6 is 0 Å². The molecule has 0 radical (unpaired) electrons. The second kappa shape index (κ2) is 12.7. The van der Waals surface area contributed by atoms with Gasteiger partial charge in [-0.15, -0.1) is 0 Å². The highest BCUT2D eigenvalue weighted by atomic mass is 16.5. The molecule has 4 aliphatic rings. The Balaban J connectivity index is 1.02. The Hall–Kier alpha value is -1.22. The number of carbonyl (C=O) groups is 2. The molecular formula is C26H46N4O4. The average Bonchev–Trinajstić information content (AvgIpc) is 2.77. The highest BCUT2D eigenvalue weighted by Gasteiger charge is 2.36. The maximum Gasteiger partial charge on any atom is 0.305 e. The number of esters is 2. The van der Waals surface area contributed by atoms with Crippen molar-refractivity contribution in [3.05, 3.63) is 0 Å². The Bertz CT molecular complexity index is 593. The fraction of sp³-hybridized carbons (Fsp3) is 0.923. The van der Waals surface area contributed by atoms with E-state index in [2.05, 4.69) is 33.7 Å². The third kappa shape index (κ3) is 7.15. The molecule has 0 aromatic heterocycles. The van der Waals surface area contributed by atoms with E-state index in [1.54, 1.807) is 0 Å². The number of nitrogens with zero attached hydrogens (tertiary/aromatic N) is 4. The second-order valence-corrected chi connectivity index (χ2v) is 11.0. The van der Waals surface area contributed by atoms with Crippen molar-refractivity contribution in [2.75, 3.05) is 66.6 Å². The van der Waals surface area contributed by atoms with E-state index in [0.29, 0.717) is 63.1 Å². The van der Waals surface area contributed by atoms with Gasteiger partial charge in [0.1, 0.15) is 13.2 Å². The molecule has 0 spiro atoms. The van der Waals surface area contributed by atoms with Crippen LogP contribution in [-0.4, -0.2) is 122 Å². The molecule has 4 unspecified atom stereocenters. The lowest BCUT2D eigenvalue weighted by molar-refractivity contribution is -0.147. The fourth-order valence-corrected chi connectivity index (χ4v) is 6.75. The van der Waals surface area contributed by atoms with Crippen LogP contribution < -0.4 is 0 Å². The zero-order valence-corrected chi connectivity index (χ0v) is 21.5. The predicted molar refractivity (Wildman–Crippen MR) is 132 cm³/mol. The van der Waals surface area contributed by atoms with Crippen LogP contribution in [0.3, 0.4) is 0 Å². The fourth-order valence-electron chi connectivity index (χ4n) is 6.75. The number of likely N-dealkylation sites (N-methyl/N-ethyl adjacent to an activating group) is 2. The zero-order chi connectivity index (χ0) is 23.9. The Morgan fingerprint density at radius 3 is 1.35 bits per heavy atom.